The number of nitro groups is 2. The van der Waals surface area contributed by atoms with E-state index in [-0.39, 0.29) is 28.9 Å². The Kier molecular flexibility index (Phi) is 7.23. The second-order valence-corrected chi connectivity index (χ2v) is 6.97. The summed E-state index contributed by atoms with van der Waals surface area (Å²) >= 11 is 6.41. The maximum Gasteiger partial charge on any atom is 0.318 e. The van der Waals surface area contributed by atoms with Crippen LogP contribution < -0.4 is 9.47 Å². The molecule has 9 nitrogen and oxygen atoms in total. The first kappa shape index (κ1) is 23.2. The summed E-state index contributed by atoms with van der Waals surface area (Å²) in [4.78, 5) is 20.9. The lowest BCUT2D eigenvalue weighted by molar-refractivity contribution is -0.394. The van der Waals surface area contributed by atoms with E-state index in [1.54, 1.807) is 31.2 Å². The molecule has 0 unspecified atom stereocenters. The summed E-state index contributed by atoms with van der Waals surface area (Å²) in [5.74, 6) is -0.0427. The van der Waals surface area contributed by atoms with Gasteiger partial charge in [0.05, 0.1) is 39.2 Å². The van der Waals surface area contributed by atoms with Crippen LogP contribution in [0.25, 0.3) is 11.6 Å². The number of ether oxygens (including phenoxy) is 2. The van der Waals surface area contributed by atoms with Gasteiger partial charge in [-0.2, -0.15) is 5.26 Å². The largest absolute Gasteiger partial charge is 0.490 e. The van der Waals surface area contributed by atoms with Crippen molar-refractivity contribution in [1.82, 2.24) is 0 Å². The van der Waals surface area contributed by atoms with E-state index in [2.05, 4.69) is 6.07 Å². The van der Waals surface area contributed by atoms with E-state index in [1.165, 1.54) is 6.07 Å². The summed E-state index contributed by atoms with van der Waals surface area (Å²) in [7, 11) is 0. The van der Waals surface area contributed by atoms with Crippen LogP contribution in [-0.2, 0) is 0 Å². The van der Waals surface area contributed by atoms with E-state index in [4.69, 9.17) is 21.1 Å². The predicted octanol–water partition coefficient (Wildman–Crippen LogP) is 6.41. The number of non-ortho nitro benzene ring substituents is 1. The Balaban J connectivity index is 2.06. The van der Waals surface area contributed by atoms with E-state index in [0.29, 0.717) is 11.1 Å². The number of hydrogen-bond donors (Lipinski definition) is 0. The molecule has 3 aromatic carbocycles. The Hall–Kier alpha value is -4.42. The third kappa shape index (κ3) is 5.44. The summed E-state index contributed by atoms with van der Waals surface area (Å²) in [5, 5.41) is 32.0. The van der Waals surface area contributed by atoms with Crippen molar-refractivity contribution in [2.45, 2.75) is 6.92 Å². The number of allylic oxidation sites excluding steroid dienone is 1. The van der Waals surface area contributed by atoms with Gasteiger partial charge in [-0.15, -0.1) is 0 Å². The van der Waals surface area contributed by atoms with Crippen molar-refractivity contribution in [3.05, 3.63) is 97.0 Å². The SMILES string of the molecule is CCOc1cc(/C=C(\C#N)c2ccccc2)cc(Cl)c1Oc1ccc([N+](=O)[O-])cc1[N+](=O)[O-]. The van der Waals surface area contributed by atoms with Crippen LogP contribution >= 0.6 is 11.6 Å². The van der Waals surface area contributed by atoms with Gasteiger partial charge in [0.1, 0.15) is 0 Å². The molecule has 3 rings (SSSR count). The molecule has 0 bridgehead atoms. The fourth-order valence-electron chi connectivity index (χ4n) is 2.96. The fourth-order valence-corrected chi connectivity index (χ4v) is 3.21. The van der Waals surface area contributed by atoms with Gasteiger partial charge in [-0.3, -0.25) is 20.2 Å². The lowest BCUT2D eigenvalue weighted by Crippen LogP contribution is -1.99. The van der Waals surface area contributed by atoms with Crippen LogP contribution in [0.3, 0.4) is 0 Å². The van der Waals surface area contributed by atoms with Crippen LogP contribution in [0, 0.1) is 31.6 Å². The van der Waals surface area contributed by atoms with Crippen molar-refractivity contribution in [2.75, 3.05) is 6.61 Å². The highest BCUT2D eigenvalue weighted by Gasteiger charge is 2.23. The van der Waals surface area contributed by atoms with E-state index >= 15 is 0 Å². The molecule has 0 N–H and O–H groups in total. The second-order valence-electron chi connectivity index (χ2n) is 6.57. The molecule has 0 aromatic heterocycles. The molecule has 0 saturated heterocycles. The zero-order chi connectivity index (χ0) is 24.0. The number of nitrogens with zero attached hydrogens (tertiary/aromatic N) is 3. The van der Waals surface area contributed by atoms with Gasteiger partial charge in [0.2, 0.25) is 5.75 Å². The maximum absolute atomic E-state index is 11.4. The van der Waals surface area contributed by atoms with Crippen molar-refractivity contribution in [1.29, 1.82) is 5.26 Å². The van der Waals surface area contributed by atoms with Gasteiger partial charge in [0, 0.05) is 6.07 Å². The van der Waals surface area contributed by atoms with Crippen LogP contribution in [0.15, 0.2) is 60.7 Å². The molecule has 0 heterocycles. The summed E-state index contributed by atoms with van der Waals surface area (Å²) in [5.41, 5.74) is 0.622. The minimum Gasteiger partial charge on any atom is -0.490 e. The number of rotatable bonds is 8. The molecule has 0 aliphatic heterocycles. The zero-order valence-electron chi connectivity index (χ0n) is 17.2. The van der Waals surface area contributed by atoms with Crippen LogP contribution in [-0.4, -0.2) is 16.5 Å². The molecular formula is C23H16ClN3O6. The average molecular weight is 466 g/mol. The van der Waals surface area contributed by atoms with Gasteiger partial charge < -0.3 is 9.47 Å². The van der Waals surface area contributed by atoms with Crippen molar-refractivity contribution in [3.63, 3.8) is 0 Å². The Labute approximate surface area is 193 Å². The molecule has 0 amide bonds. The van der Waals surface area contributed by atoms with E-state index in [9.17, 15) is 25.5 Å². The van der Waals surface area contributed by atoms with Crippen molar-refractivity contribution < 1.29 is 19.3 Å². The molecule has 3 aromatic rings. The zero-order valence-corrected chi connectivity index (χ0v) is 18.0. The number of hydrogen-bond acceptors (Lipinski definition) is 7. The van der Waals surface area contributed by atoms with Gasteiger partial charge >= 0.3 is 5.69 Å². The quantitative estimate of drug-likeness (QED) is 0.162. The molecule has 33 heavy (non-hydrogen) atoms. The van der Waals surface area contributed by atoms with Crippen LogP contribution in [0.5, 0.6) is 17.2 Å². The number of halogens is 1. The highest BCUT2D eigenvalue weighted by Crippen LogP contribution is 2.43. The Morgan fingerprint density at radius 3 is 2.39 bits per heavy atom. The molecule has 0 aliphatic carbocycles. The minimum atomic E-state index is -0.785. The molecule has 0 saturated carbocycles. The second kappa shape index (κ2) is 10.3. The minimum absolute atomic E-state index is 0.00541. The fraction of sp³-hybridized carbons (Fsp3) is 0.0870. The third-order valence-corrected chi connectivity index (χ3v) is 4.69. The molecule has 0 atom stereocenters. The van der Waals surface area contributed by atoms with E-state index in [1.807, 2.05) is 18.2 Å². The predicted molar refractivity (Wildman–Crippen MR) is 122 cm³/mol. The Morgan fingerprint density at radius 2 is 1.79 bits per heavy atom. The normalized spacial score (nSPS) is 10.9. The van der Waals surface area contributed by atoms with Gasteiger partial charge in [0.25, 0.3) is 5.69 Å². The molecule has 0 aliphatic rings. The highest BCUT2D eigenvalue weighted by molar-refractivity contribution is 6.32. The van der Waals surface area contributed by atoms with Crippen molar-refractivity contribution in [2.24, 2.45) is 0 Å². The van der Waals surface area contributed by atoms with Gasteiger partial charge in [0.15, 0.2) is 11.5 Å². The monoisotopic (exact) mass is 465 g/mol. The molecule has 10 heteroatoms. The lowest BCUT2D eigenvalue weighted by Gasteiger charge is -2.14. The van der Waals surface area contributed by atoms with Gasteiger partial charge in [-0.1, -0.05) is 41.9 Å². The summed E-state index contributed by atoms with van der Waals surface area (Å²) in [6.45, 7) is 1.98. The van der Waals surface area contributed by atoms with Crippen LogP contribution in [0.4, 0.5) is 11.4 Å². The van der Waals surface area contributed by atoms with E-state index in [0.717, 1.165) is 23.8 Å². The molecular weight excluding hydrogens is 450 g/mol. The molecule has 0 radical (unpaired) electrons. The first-order chi connectivity index (χ1) is 15.8. The van der Waals surface area contributed by atoms with Crippen molar-refractivity contribution in [3.8, 4) is 23.3 Å². The van der Waals surface area contributed by atoms with Gasteiger partial charge in [-0.25, -0.2) is 0 Å². The lowest BCUT2D eigenvalue weighted by atomic mass is 10.0. The Morgan fingerprint density at radius 1 is 1.06 bits per heavy atom. The molecule has 166 valence electrons. The third-order valence-electron chi connectivity index (χ3n) is 4.41. The summed E-state index contributed by atoms with van der Waals surface area (Å²) in [6, 6.07) is 17.3. The van der Waals surface area contributed by atoms with Crippen LogP contribution in [0.1, 0.15) is 18.1 Å². The molecule has 0 fully saturated rings. The number of nitriles is 1. The maximum atomic E-state index is 11.4. The first-order valence-electron chi connectivity index (χ1n) is 9.58. The van der Waals surface area contributed by atoms with E-state index < -0.39 is 21.2 Å². The smallest absolute Gasteiger partial charge is 0.318 e. The van der Waals surface area contributed by atoms with Gasteiger partial charge in [-0.05, 0) is 42.3 Å². The molecule has 0 spiro atoms. The Bertz CT molecular complexity index is 1290. The highest BCUT2D eigenvalue weighted by atomic mass is 35.5. The van der Waals surface area contributed by atoms with Crippen molar-refractivity contribution >= 4 is 34.6 Å². The number of nitro benzene ring substituents is 2. The average Bonchev–Trinajstić information content (AvgIpc) is 2.80. The topological polar surface area (TPSA) is 129 Å². The number of benzene rings is 3. The van der Waals surface area contributed by atoms with Crippen LogP contribution in [0.2, 0.25) is 5.02 Å². The standard InChI is InChI=1S/C23H16ClN3O6/c1-2-32-22-12-15(10-17(14-25)16-6-4-3-5-7-16)11-19(24)23(22)33-21-9-8-18(26(28)29)13-20(21)27(30)31/h3-13H,2H2,1H3/b17-10+. The summed E-state index contributed by atoms with van der Waals surface area (Å²) in [6.07, 6.45) is 1.63. The first-order valence-corrected chi connectivity index (χ1v) is 9.96. The summed E-state index contributed by atoms with van der Waals surface area (Å²) < 4.78 is 11.3.